The number of amides is 2. The maximum absolute atomic E-state index is 11.4. The molecule has 94 valence electrons. The molecule has 0 aliphatic rings. The van der Waals surface area contributed by atoms with E-state index in [0.29, 0.717) is 17.3 Å². The number of hydrogen-bond acceptors (Lipinski definition) is 2. The van der Waals surface area contributed by atoms with E-state index in [2.05, 4.69) is 10.6 Å². The molecule has 0 saturated heterocycles. The molecule has 0 atom stereocenters. The van der Waals surface area contributed by atoms with E-state index >= 15 is 0 Å². The van der Waals surface area contributed by atoms with Crippen LogP contribution < -0.4 is 15.4 Å². The first-order chi connectivity index (χ1) is 8.02. The summed E-state index contributed by atoms with van der Waals surface area (Å²) in [6.45, 7) is 4.25. The molecule has 2 amide bonds. The van der Waals surface area contributed by atoms with Crippen LogP contribution >= 0.6 is 11.6 Å². The lowest BCUT2D eigenvalue weighted by atomic mass is 10.2. The molecule has 0 aromatic heterocycles. The van der Waals surface area contributed by atoms with Gasteiger partial charge >= 0.3 is 6.03 Å². The lowest BCUT2D eigenvalue weighted by Crippen LogP contribution is -2.39. The zero-order valence-electron chi connectivity index (χ0n) is 10.2. The Balaban J connectivity index is 2.52. The molecule has 0 radical (unpaired) electrons. The van der Waals surface area contributed by atoms with Gasteiger partial charge in [-0.3, -0.25) is 0 Å². The van der Waals surface area contributed by atoms with Gasteiger partial charge in [0, 0.05) is 12.6 Å². The molecule has 0 saturated carbocycles. The molecule has 0 aliphatic carbocycles. The topological polar surface area (TPSA) is 50.4 Å². The Labute approximate surface area is 106 Å². The lowest BCUT2D eigenvalue weighted by Gasteiger charge is -2.11. The molecule has 1 aromatic rings. The molecule has 0 aliphatic heterocycles. The summed E-state index contributed by atoms with van der Waals surface area (Å²) in [6, 6.07) is 5.34. The van der Waals surface area contributed by atoms with Crippen molar-refractivity contribution in [2.24, 2.45) is 0 Å². The number of carbonyl (C=O) groups is 1. The molecule has 0 heterocycles. The summed E-state index contributed by atoms with van der Waals surface area (Å²) < 4.78 is 5.05. The van der Waals surface area contributed by atoms with E-state index in [4.69, 9.17) is 16.3 Å². The largest absolute Gasteiger partial charge is 0.495 e. The van der Waals surface area contributed by atoms with Crippen LogP contribution in [0.2, 0.25) is 5.02 Å². The fourth-order valence-corrected chi connectivity index (χ4v) is 1.60. The molecule has 1 rings (SSSR count). The Kier molecular flexibility index (Phi) is 5.10. The molecule has 5 heteroatoms. The van der Waals surface area contributed by atoms with E-state index in [1.807, 2.05) is 19.9 Å². The van der Waals surface area contributed by atoms with Gasteiger partial charge in [-0.2, -0.15) is 0 Å². The number of halogens is 1. The zero-order valence-corrected chi connectivity index (χ0v) is 11.0. The molecule has 0 spiro atoms. The Hall–Kier alpha value is -1.42. The van der Waals surface area contributed by atoms with Gasteiger partial charge < -0.3 is 15.4 Å². The second kappa shape index (κ2) is 6.35. The summed E-state index contributed by atoms with van der Waals surface area (Å²) in [7, 11) is 1.56. The van der Waals surface area contributed by atoms with Gasteiger partial charge in [0.05, 0.1) is 12.1 Å². The van der Waals surface area contributed by atoms with E-state index in [-0.39, 0.29) is 12.1 Å². The van der Waals surface area contributed by atoms with Crippen LogP contribution in [0.3, 0.4) is 0 Å². The van der Waals surface area contributed by atoms with E-state index in [0.717, 1.165) is 5.56 Å². The summed E-state index contributed by atoms with van der Waals surface area (Å²) in [5.41, 5.74) is 0.926. The minimum atomic E-state index is -0.188. The molecular weight excluding hydrogens is 240 g/mol. The number of benzene rings is 1. The third-order valence-corrected chi connectivity index (χ3v) is 2.38. The van der Waals surface area contributed by atoms with E-state index in [1.54, 1.807) is 19.2 Å². The van der Waals surface area contributed by atoms with Gasteiger partial charge in [-0.25, -0.2) is 4.79 Å². The summed E-state index contributed by atoms with van der Waals surface area (Å²) in [6.07, 6.45) is 0. The average molecular weight is 257 g/mol. The highest BCUT2D eigenvalue weighted by atomic mass is 35.5. The molecule has 2 N–H and O–H groups in total. The van der Waals surface area contributed by atoms with E-state index in [1.165, 1.54) is 0 Å². The van der Waals surface area contributed by atoms with Gasteiger partial charge in [0.15, 0.2) is 0 Å². The third-order valence-electron chi connectivity index (χ3n) is 2.09. The number of ether oxygens (including phenoxy) is 1. The Bertz CT molecular complexity index is 394. The first kappa shape index (κ1) is 13.6. The summed E-state index contributed by atoms with van der Waals surface area (Å²) in [5.74, 6) is 0.627. The van der Waals surface area contributed by atoms with Gasteiger partial charge in [-0.1, -0.05) is 17.7 Å². The van der Waals surface area contributed by atoms with Crippen LogP contribution in [-0.2, 0) is 6.54 Å². The Morgan fingerprint density at radius 1 is 1.47 bits per heavy atom. The van der Waals surface area contributed by atoms with Gasteiger partial charge in [0.2, 0.25) is 0 Å². The number of nitrogens with one attached hydrogen (secondary N) is 2. The second-order valence-electron chi connectivity index (χ2n) is 3.95. The quantitative estimate of drug-likeness (QED) is 0.870. The van der Waals surface area contributed by atoms with E-state index < -0.39 is 0 Å². The minimum absolute atomic E-state index is 0.120. The maximum atomic E-state index is 11.4. The monoisotopic (exact) mass is 256 g/mol. The molecule has 17 heavy (non-hydrogen) atoms. The third kappa shape index (κ3) is 4.53. The number of carbonyl (C=O) groups excluding carboxylic acids is 1. The lowest BCUT2D eigenvalue weighted by molar-refractivity contribution is 0.238. The van der Waals surface area contributed by atoms with Gasteiger partial charge in [0.1, 0.15) is 5.75 Å². The first-order valence-electron chi connectivity index (χ1n) is 5.39. The van der Waals surface area contributed by atoms with Crippen molar-refractivity contribution in [3.63, 3.8) is 0 Å². The number of rotatable bonds is 4. The fourth-order valence-electron chi connectivity index (χ4n) is 1.32. The Morgan fingerprint density at radius 3 is 2.71 bits per heavy atom. The fraction of sp³-hybridized carbons (Fsp3) is 0.417. The van der Waals surface area contributed by atoms with Crippen molar-refractivity contribution in [1.82, 2.24) is 10.6 Å². The van der Waals surface area contributed by atoms with Gasteiger partial charge in [-0.05, 0) is 31.5 Å². The number of hydrogen-bond donors (Lipinski definition) is 2. The molecule has 0 fully saturated rings. The van der Waals surface area contributed by atoms with Crippen molar-refractivity contribution in [1.29, 1.82) is 0 Å². The zero-order chi connectivity index (χ0) is 12.8. The SMILES string of the molecule is COc1ccc(CNC(=O)NC(C)C)cc1Cl. The van der Waals surface area contributed by atoms with Gasteiger partial charge in [-0.15, -0.1) is 0 Å². The summed E-state index contributed by atoms with van der Waals surface area (Å²) in [5, 5.41) is 6.03. The predicted octanol–water partition coefficient (Wildman–Crippen LogP) is 2.56. The predicted molar refractivity (Wildman–Crippen MR) is 68.5 cm³/mol. The molecule has 0 unspecified atom stereocenters. The molecule has 1 aromatic carbocycles. The smallest absolute Gasteiger partial charge is 0.315 e. The van der Waals surface area contributed by atoms with Crippen LogP contribution in [0.4, 0.5) is 4.79 Å². The highest BCUT2D eigenvalue weighted by Gasteiger charge is 2.04. The minimum Gasteiger partial charge on any atom is -0.495 e. The number of methoxy groups -OCH3 is 1. The number of urea groups is 1. The molecule has 0 bridgehead atoms. The summed E-state index contributed by atoms with van der Waals surface area (Å²) >= 11 is 5.98. The van der Waals surface area contributed by atoms with Crippen molar-refractivity contribution in [3.8, 4) is 5.75 Å². The maximum Gasteiger partial charge on any atom is 0.315 e. The average Bonchev–Trinajstić information content (AvgIpc) is 2.25. The first-order valence-corrected chi connectivity index (χ1v) is 5.77. The van der Waals surface area contributed by atoms with Crippen LogP contribution in [0.25, 0.3) is 0 Å². The normalized spacial score (nSPS) is 10.2. The van der Waals surface area contributed by atoms with Gasteiger partial charge in [0.25, 0.3) is 0 Å². The highest BCUT2D eigenvalue weighted by molar-refractivity contribution is 6.32. The molecular formula is C12H17ClN2O2. The van der Waals surface area contributed by atoms with Crippen molar-refractivity contribution in [2.75, 3.05) is 7.11 Å². The van der Waals surface area contributed by atoms with Crippen LogP contribution in [0.15, 0.2) is 18.2 Å². The van der Waals surface area contributed by atoms with E-state index in [9.17, 15) is 4.79 Å². The van der Waals surface area contributed by atoms with Crippen LogP contribution in [0.1, 0.15) is 19.4 Å². The standard InChI is InChI=1S/C12H17ClN2O2/c1-8(2)15-12(16)14-7-9-4-5-11(17-3)10(13)6-9/h4-6,8H,7H2,1-3H3,(H2,14,15,16). The van der Waals surface area contributed by atoms with Crippen molar-refractivity contribution in [2.45, 2.75) is 26.4 Å². The van der Waals surface area contributed by atoms with Crippen LogP contribution in [-0.4, -0.2) is 19.2 Å². The van der Waals surface area contributed by atoms with Crippen molar-refractivity contribution < 1.29 is 9.53 Å². The second-order valence-corrected chi connectivity index (χ2v) is 4.36. The van der Waals surface area contributed by atoms with Crippen molar-refractivity contribution in [3.05, 3.63) is 28.8 Å². The van der Waals surface area contributed by atoms with Crippen LogP contribution in [0, 0.1) is 0 Å². The molecule has 4 nitrogen and oxygen atoms in total. The van der Waals surface area contributed by atoms with Crippen LogP contribution in [0.5, 0.6) is 5.75 Å². The Morgan fingerprint density at radius 2 is 2.18 bits per heavy atom. The highest BCUT2D eigenvalue weighted by Crippen LogP contribution is 2.24. The van der Waals surface area contributed by atoms with Crippen molar-refractivity contribution >= 4 is 17.6 Å². The summed E-state index contributed by atoms with van der Waals surface area (Å²) in [4.78, 5) is 11.4.